The van der Waals surface area contributed by atoms with Crippen LogP contribution < -0.4 is 11.1 Å². The lowest BCUT2D eigenvalue weighted by atomic mass is 10.1. The maximum atomic E-state index is 12.0. The van der Waals surface area contributed by atoms with Crippen LogP contribution in [0.25, 0.3) is 0 Å². The monoisotopic (exact) mass is 395 g/mol. The van der Waals surface area contributed by atoms with Gasteiger partial charge in [-0.1, -0.05) is 0 Å². The molecule has 0 spiro atoms. The zero-order valence-electron chi connectivity index (χ0n) is 11.9. The number of rotatable bonds is 3. The number of hydrogen-bond acceptors (Lipinski definition) is 9. The van der Waals surface area contributed by atoms with Crippen LogP contribution in [0.4, 0.5) is 0 Å². The van der Waals surface area contributed by atoms with E-state index < -0.39 is 21.9 Å². The average Bonchev–Trinajstić information content (AvgIpc) is 3.20. The van der Waals surface area contributed by atoms with Gasteiger partial charge in [0.05, 0.1) is 12.6 Å². The number of nitrogens with one attached hydrogen (secondary N) is 1. The molecule has 0 amide bonds. The maximum absolute atomic E-state index is 12.0. The summed E-state index contributed by atoms with van der Waals surface area (Å²) in [4.78, 5) is 13.4. The van der Waals surface area contributed by atoms with E-state index in [1.54, 1.807) is 6.26 Å². The predicted octanol–water partition coefficient (Wildman–Crippen LogP) is -1.13. The summed E-state index contributed by atoms with van der Waals surface area (Å²) >= 11 is 11.5. The van der Waals surface area contributed by atoms with Crippen LogP contribution in [0.15, 0.2) is 0 Å². The summed E-state index contributed by atoms with van der Waals surface area (Å²) in [5.41, 5.74) is 4.03. The van der Waals surface area contributed by atoms with Gasteiger partial charge in [-0.15, -0.1) is 0 Å². The van der Waals surface area contributed by atoms with Crippen molar-refractivity contribution < 1.29 is 17.4 Å². The molecule has 3 N–H and O–H groups in total. The van der Waals surface area contributed by atoms with Crippen molar-refractivity contribution in [3.63, 3.8) is 0 Å². The topological polar surface area (TPSA) is 129 Å². The lowest BCUT2D eigenvalue weighted by molar-refractivity contribution is -0.139. The molecule has 0 radical (unpaired) electrons. The molecule has 13 heteroatoms. The summed E-state index contributed by atoms with van der Waals surface area (Å²) in [6, 6.07) is 1.63. The molecule has 0 aromatic heterocycles. The first-order valence-corrected chi connectivity index (χ1v) is 9.83. The van der Waals surface area contributed by atoms with Crippen molar-refractivity contribution in [2.75, 3.05) is 18.6 Å². The molecule has 2 rings (SSSR count). The van der Waals surface area contributed by atoms with Crippen LogP contribution in [0.1, 0.15) is 6.42 Å². The van der Waals surface area contributed by atoms with Crippen LogP contribution in [-0.2, 0) is 19.3 Å². The number of carbonyl (C=O) groups excluding carboxylic acids is 1. The SMILES string of the molecule is CSCCC1(N)C(=O)OS(=O)(=O)N1C(=S)NC(=S)N1CC1C#N. The molecule has 2 saturated heterocycles. The quantitative estimate of drug-likeness (QED) is 0.444. The number of nitrogens with zero attached hydrogens (tertiary/aromatic N) is 3. The van der Waals surface area contributed by atoms with Gasteiger partial charge in [0.15, 0.2) is 10.2 Å². The average molecular weight is 396 g/mol. The van der Waals surface area contributed by atoms with E-state index in [4.69, 9.17) is 35.4 Å². The third kappa shape index (κ3) is 3.36. The number of thiocarbonyl (C=S) groups is 2. The molecular formula is C10H13N5O4S4. The number of nitrogens with two attached hydrogens (primary N) is 1. The van der Waals surface area contributed by atoms with Crippen LogP contribution in [0.2, 0.25) is 0 Å². The van der Waals surface area contributed by atoms with E-state index in [-0.39, 0.29) is 22.7 Å². The Morgan fingerprint density at radius 3 is 2.78 bits per heavy atom. The van der Waals surface area contributed by atoms with E-state index in [9.17, 15) is 13.2 Å². The maximum Gasteiger partial charge on any atom is 0.416 e. The molecule has 2 unspecified atom stereocenters. The van der Waals surface area contributed by atoms with Crippen molar-refractivity contribution >= 4 is 62.7 Å². The van der Waals surface area contributed by atoms with E-state index in [0.29, 0.717) is 16.6 Å². The van der Waals surface area contributed by atoms with Gasteiger partial charge in [0, 0.05) is 6.42 Å². The Morgan fingerprint density at radius 2 is 2.26 bits per heavy atom. The molecule has 2 heterocycles. The van der Waals surface area contributed by atoms with E-state index in [1.165, 1.54) is 16.7 Å². The number of hydrogen-bond donors (Lipinski definition) is 2. The normalized spacial score (nSPS) is 28.0. The highest BCUT2D eigenvalue weighted by molar-refractivity contribution is 7.98. The van der Waals surface area contributed by atoms with E-state index >= 15 is 0 Å². The van der Waals surface area contributed by atoms with Gasteiger partial charge < -0.3 is 14.4 Å². The summed E-state index contributed by atoms with van der Waals surface area (Å²) in [5, 5.41) is 11.0. The Balaban J connectivity index is 2.19. The molecule has 9 nitrogen and oxygen atoms in total. The second kappa shape index (κ2) is 6.36. The minimum absolute atomic E-state index is 0.0192. The van der Waals surface area contributed by atoms with Crippen LogP contribution in [-0.4, -0.2) is 64.1 Å². The highest BCUT2D eigenvalue weighted by Crippen LogP contribution is 2.30. The van der Waals surface area contributed by atoms with Gasteiger partial charge in [0.2, 0.25) is 5.66 Å². The molecule has 0 aromatic carbocycles. The van der Waals surface area contributed by atoms with Gasteiger partial charge >= 0.3 is 16.3 Å². The Hall–Kier alpha value is -1.20. The number of thioether (sulfide) groups is 1. The zero-order valence-corrected chi connectivity index (χ0v) is 15.1. The third-order valence-electron chi connectivity index (χ3n) is 3.23. The first-order valence-electron chi connectivity index (χ1n) is 6.25. The van der Waals surface area contributed by atoms with Gasteiger partial charge in [-0.3, -0.25) is 5.73 Å². The van der Waals surface area contributed by atoms with Gasteiger partial charge in [-0.25, -0.2) is 4.79 Å². The summed E-state index contributed by atoms with van der Waals surface area (Å²) in [6.45, 7) is 0.424. The van der Waals surface area contributed by atoms with Crippen LogP contribution in [0.5, 0.6) is 0 Å². The molecule has 0 aliphatic carbocycles. The summed E-state index contributed by atoms with van der Waals surface area (Å²) in [6.07, 6.45) is 1.81. The van der Waals surface area contributed by atoms with Crippen molar-refractivity contribution in [1.29, 1.82) is 5.26 Å². The number of carbonyl (C=O) groups is 1. The Labute approximate surface area is 148 Å². The van der Waals surface area contributed by atoms with Crippen LogP contribution in [0, 0.1) is 11.3 Å². The molecule has 126 valence electrons. The first kappa shape index (κ1) is 18.1. The summed E-state index contributed by atoms with van der Waals surface area (Å²) in [7, 11) is -4.44. The first-order chi connectivity index (χ1) is 10.7. The molecular weight excluding hydrogens is 382 g/mol. The molecule has 2 aliphatic rings. The van der Waals surface area contributed by atoms with Gasteiger partial charge in [0.25, 0.3) is 0 Å². The van der Waals surface area contributed by atoms with Crippen molar-refractivity contribution in [3.05, 3.63) is 0 Å². The second-order valence-electron chi connectivity index (χ2n) is 4.79. The van der Waals surface area contributed by atoms with Gasteiger partial charge in [-0.05, 0) is 36.4 Å². The third-order valence-corrected chi connectivity index (χ3v) is 5.90. The molecule has 2 atom stereocenters. The lowest BCUT2D eigenvalue weighted by Crippen LogP contribution is -2.62. The Kier molecular flexibility index (Phi) is 5.02. The van der Waals surface area contributed by atoms with Gasteiger partial charge in [-0.2, -0.15) is 29.7 Å². The molecule has 0 aromatic rings. The largest absolute Gasteiger partial charge is 0.416 e. The van der Waals surface area contributed by atoms with Gasteiger partial charge in [0.1, 0.15) is 6.04 Å². The predicted molar refractivity (Wildman–Crippen MR) is 91.2 cm³/mol. The van der Waals surface area contributed by atoms with Crippen LogP contribution in [0.3, 0.4) is 0 Å². The smallest absolute Gasteiger partial charge is 0.328 e. The van der Waals surface area contributed by atoms with Crippen molar-refractivity contribution in [1.82, 2.24) is 14.5 Å². The molecule has 0 bridgehead atoms. The standard InChI is InChI=1S/C10H13N5O4S4/c1-22-3-2-10(12)7(16)19-23(17,18)15(10)9(21)13-8(20)14-5-6(14)4-11/h6H,2-3,5,12H2,1H3,(H,13,20,21). The molecule has 0 saturated carbocycles. The van der Waals surface area contributed by atoms with Crippen molar-refractivity contribution in [3.8, 4) is 6.07 Å². The summed E-state index contributed by atoms with van der Waals surface area (Å²) in [5.74, 6) is -0.670. The van der Waals surface area contributed by atoms with E-state index in [0.717, 1.165) is 0 Å². The molecule has 2 fully saturated rings. The fraction of sp³-hybridized carbons (Fsp3) is 0.600. The van der Waals surface area contributed by atoms with Crippen molar-refractivity contribution in [2.24, 2.45) is 5.73 Å². The Bertz CT molecular complexity index is 705. The fourth-order valence-electron chi connectivity index (χ4n) is 1.92. The molecule has 2 aliphatic heterocycles. The highest BCUT2D eigenvalue weighted by atomic mass is 32.2. The zero-order chi connectivity index (χ0) is 17.4. The minimum Gasteiger partial charge on any atom is -0.328 e. The van der Waals surface area contributed by atoms with Crippen LogP contribution >= 0.6 is 36.2 Å². The van der Waals surface area contributed by atoms with Crippen molar-refractivity contribution in [2.45, 2.75) is 18.1 Å². The Morgan fingerprint density at radius 1 is 1.61 bits per heavy atom. The fourth-order valence-corrected chi connectivity index (χ4v) is 4.56. The second-order valence-corrected chi connectivity index (χ2v) is 7.94. The summed E-state index contributed by atoms with van der Waals surface area (Å²) < 4.78 is 29.0. The minimum atomic E-state index is -4.44. The highest BCUT2D eigenvalue weighted by Gasteiger charge is 2.58. The lowest BCUT2D eigenvalue weighted by Gasteiger charge is -2.29. The van der Waals surface area contributed by atoms with E-state index in [2.05, 4.69) is 9.50 Å². The van der Waals surface area contributed by atoms with E-state index in [1.807, 2.05) is 6.07 Å². The number of nitriles is 1. The molecule has 23 heavy (non-hydrogen) atoms.